The topological polar surface area (TPSA) is 64.3 Å². The van der Waals surface area contributed by atoms with Crippen molar-refractivity contribution in [2.45, 2.75) is 12.5 Å². The Morgan fingerprint density at radius 2 is 2.35 bits per heavy atom. The zero-order valence-electron chi connectivity index (χ0n) is 11.1. The lowest BCUT2D eigenvalue weighted by atomic mass is 10.2. The quantitative estimate of drug-likeness (QED) is 0.915. The second kappa shape index (κ2) is 5.54. The second-order valence-corrected chi connectivity index (χ2v) is 6.91. The van der Waals surface area contributed by atoms with Gasteiger partial charge in [-0.3, -0.25) is 4.79 Å². The molecule has 1 fully saturated rings. The predicted octanol–water partition coefficient (Wildman–Crippen LogP) is 2.73. The maximum atomic E-state index is 12.4. The Balaban J connectivity index is 1.95. The maximum absolute atomic E-state index is 12.4. The summed E-state index contributed by atoms with van der Waals surface area (Å²) in [6, 6.07) is 5.99. The number of amides is 1. The van der Waals surface area contributed by atoms with Crippen molar-refractivity contribution in [3.8, 4) is 5.75 Å². The number of carbonyl (C=O) groups is 1. The molecule has 1 aromatic heterocycles. The molecule has 0 aliphatic carbocycles. The Kier molecular flexibility index (Phi) is 3.76. The van der Waals surface area contributed by atoms with Gasteiger partial charge in [-0.1, -0.05) is 6.07 Å². The number of rotatable bonds is 3. The number of hydrogen-bond acceptors (Lipinski definition) is 5. The molecule has 1 aliphatic rings. The van der Waals surface area contributed by atoms with Crippen molar-refractivity contribution < 1.29 is 9.53 Å². The van der Waals surface area contributed by atoms with Gasteiger partial charge < -0.3 is 15.8 Å². The highest BCUT2D eigenvalue weighted by Crippen LogP contribution is 2.39. The van der Waals surface area contributed by atoms with Crippen molar-refractivity contribution >= 4 is 44.8 Å². The van der Waals surface area contributed by atoms with Crippen LogP contribution < -0.4 is 15.8 Å². The normalized spacial score (nSPS) is 18.4. The standard InChI is InChI=1S/C14H16N2O2S2/c1-18-9-3-2-4-10-11(9)12(15)13(20-10)14(17)16-8-5-6-19-7-8/h2-4,8H,5-7,15H2,1H3,(H,16,17). The first kappa shape index (κ1) is 13.6. The minimum Gasteiger partial charge on any atom is -0.496 e. The molecule has 4 nitrogen and oxygen atoms in total. The highest BCUT2D eigenvalue weighted by molar-refractivity contribution is 7.99. The first-order valence-electron chi connectivity index (χ1n) is 6.44. The molecule has 1 saturated heterocycles. The summed E-state index contributed by atoms with van der Waals surface area (Å²) in [7, 11) is 1.61. The molecule has 6 heteroatoms. The molecule has 1 aromatic carbocycles. The molecule has 0 radical (unpaired) electrons. The summed E-state index contributed by atoms with van der Waals surface area (Å²) < 4.78 is 6.31. The van der Waals surface area contributed by atoms with Crippen LogP contribution in [0.5, 0.6) is 5.75 Å². The summed E-state index contributed by atoms with van der Waals surface area (Å²) in [5.41, 5.74) is 6.67. The van der Waals surface area contributed by atoms with Gasteiger partial charge in [0.2, 0.25) is 0 Å². The number of nitrogen functional groups attached to an aromatic ring is 1. The van der Waals surface area contributed by atoms with Gasteiger partial charge in [-0.25, -0.2) is 0 Å². The van der Waals surface area contributed by atoms with Crippen LogP contribution >= 0.6 is 23.1 Å². The summed E-state index contributed by atoms with van der Waals surface area (Å²) >= 11 is 3.29. The minimum atomic E-state index is -0.0711. The van der Waals surface area contributed by atoms with E-state index in [0.717, 1.165) is 28.0 Å². The molecule has 0 bridgehead atoms. The number of nitrogens with two attached hydrogens (primary N) is 1. The second-order valence-electron chi connectivity index (χ2n) is 4.71. The average Bonchev–Trinajstić information content (AvgIpc) is 3.07. The van der Waals surface area contributed by atoms with Crippen LogP contribution in [0.3, 0.4) is 0 Å². The third kappa shape index (κ3) is 2.33. The number of anilines is 1. The maximum Gasteiger partial charge on any atom is 0.263 e. The number of benzene rings is 1. The first-order chi connectivity index (χ1) is 9.70. The number of fused-ring (bicyclic) bond motifs is 1. The molecule has 2 heterocycles. The molecule has 2 aromatic rings. The van der Waals surface area contributed by atoms with E-state index in [0.29, 0.717) is 16.3 Å². The molecule has 1 unspecified atom stereocenters. The van der Waals surface area contributed by atoms with Crippen LogP contribution in [0.25, 0.3) is 10.1 Å². The molecule has 1 atom stereocenters. The molecule has 1 amide bonds. The minimum absolute atomic E-state index is 0.0711. The monoisotopic (exact) mass is 308 g/mol. The van der Waals surface area contributed by atoms with E-state index in [2.05, 4.69) is 5.32 Å². The number of nitrogens with one attached hydrogen (secondary N) is 1. The summed E-state index contributed by atoms with van der Waals surface area (Å²) in [5.74, 6) is 2.74. The molecule has 3 N–H and O–H groups in total. The van der Waals surface area contributed by atoms with Gasteiger partial charge in [0, 0.05) is 16.5 Å². The van der Waals surface area contributed by atoms with E-state index in [4.69, 9.17) is 10.5 Å². The third-order valence-electron chi connectivity index (χ3n) is 3.41. The van der Waals surface area contributed by atoms with Crippen molar-refractivity contribution in [2.75, 3.05) is 24.3 Å². The SMILES string of the molecule is COc1cccc2sc(C(=O)NC3CCSC3)c(N)c12. The average molecular weight is 308 g/mol. The number of carbonyl (C=O) groups excluding carboxylic acids is 1. The summed E-state index contributed by atoms with van der Waals surface area (Å²) in [6.07, 6.45) is 1.03. The molecule has 1 aliphatic heterocycles. The third-order valence-corrected chi connectivity index (χ3v) is 5.74. The van der Waals surface area contributed by atoms with Crippen molar-refractivity contribution in [2.24, 2.45) is 0 Å². The van der Waals surface area contributed by atoms with Crippen molar-refractivity contribution in [3.05, 3.63) is 23.1 Å². The number of ether oxygens (including phenoxy) is 1. The van der Waals surface area contributed by atoms with Gasteiger partial charge in [0.25, 0.3) is 5.91 Å². The van der Waals surface area contributed by atoms with Crippen LogP contribution in [0.1, 0.15) is 16.1 Å². The Bertz CT molecular complexity index is 648. The van der Waals surface area contributed by atoms with Crippen molar-refractivity contribution in [1.82, 2.24) is 5.32 Å². The van der Waals surface area contributed by atoms with Crippen molar-refractivity contribution in [3.63, 3.8) is 0 Å². The molecular weight excluding hydrogens is 292 g/mol. The van der Waals surface area contributed by atoms with Gasteiger partial charge in [-0.05, 0) is 24.3 Å². The lowest BCUT2D eigenvalue weighted by Gasteiger charge is -2.10. The smallest absolute Gasteiger partial charge is 0.263 e. The Morgan fingerprint density at radius 1 is 1.50 bits per heavy atom. The Hall–Kier alpha value is -1.40. The molecule has 0 saturated carbocycles. The van der Waals surface area contributed by atoms with Gasteiger partial charge in [-0.15, -0.1) is 11.3 Å². The largest absolute Gasteiger partial charge is 0.496 e. The Morgan fingerprint density at radius 3 is 3.05 bits per heavy atom. The molecular formula is C14H16N2O2S2. The fraction of sp³-hybridized carbons (Fsp3) is 0.357. The van der Waals surface area contributed by atoms with E-state index in [1.54, 1.807) is 7.11 Å². The first-order valence-corrected chi connectivity index (χ1v) is 8.41. The molecule has 106 valence electrons. The fourth-order valence-corrected chi connectivity index (χ4v) is 4.57. The van der Waals surface area contributed by atoms with Crippen LogP contribution in [0.4, 0.5) is 5.69 Å². The van der Waals surface area contributed by atoms with Gasteiger partial charge in [0.15, 0.2) is 0 Å². The number of hydrogen-bond donors (Lipinski definition) is 2. The molecule has 0 spiro atoms. The van der Waals surface area contributed by atoms with E-state index in [9.17, 15) is 4.79 Å². The zero-order valence-corrected chi connectivity index (χ0v) is 12.8. The number of methoxy groups -OCH3 is 1. The van der Waals surface area contributed by atoms with E-state index < -0.39 is 0 Å². The Labute approximate surface area is 125 Å². The summed E-state index contributed by atoms with van der Waals surface area (Å²) in [6.45, 7) is 0. The van der Waals surface area contributed by atoms with E-state index >= 15 is 0 Å². The lowest BCUT2D eigenvalue weighted by molar-refractivity contribution is 0.0946. The number of thioether (sulfide) groups is 1. The van der Waals surface area contributed by atoms with E-state index in [1.165, 1.54) is 11.3 Å². The van der Waals surface area contributed by atoms with Gasteiger partial charge in [0.05, 0.1) is 18.2 Å². The summed E-state index contributed by atoms with van der Waals surface area (Å²) in [5, 5.41) is 3.90. The molecule has 20 heavy (non-hydrogen) atoms. The zero-order chi connectivity index (χ0) is 14.1. The van der Waals surface area contributed by atoms with Crippen molar-refractivity contribution in [1.29, 1.82) is 0 Å². The van der Waals surface area contributed by atoms with E-state index in [-0.39, 0.29) is 11.9 Å². The molecule has 3 rings (SSSR count). The lowest BCUT2D eigenvalue weighted by Crippen LogP contribution is -2.34. The number of thiophene rings is 1. The highest BCUT2D eigenvalue weighted by Gasteiger charge is 2.23. The van der Waals surface area contributed by atoms with Gasteiger partial charge >= 0.3 is 0 Å². The van der Waals surface area contributed by atoms with Gasteiger partial charge in [0.1, 0.15) is 10.6 Å². The van der Waals surface area contributed by atoms with Crippen LogP contribution in [0.2, 0.25) is 0 Å². The highest BCUT2D eigenvalue weighted by atomic mass is 32.2. The van der Waals surface area contributed by atoms with E-state index in [1.807, 2.05) is 30.0 Å². The van der Waals surface area contributed by atoms with Crippen LogP contribution in [0, 0.1) is 0 Å². The fourth-order valence-electron chi connectivity index (χ4n) is 2.38. The van der Waals surface area contributed by atoms with Crippen LogP contribution in [-0.4, -0.2) is 30.6 Å². The van der Waals surface area contributed by atoms with Crippen LogP contribution in [-0.2, 0) is 0 Å². The summed E-state index contributed by atoms with van der Waals surface area (Å²) in [4.78, 5) is 12.9. The predicted molar refractivity (Wildman–Crippen MR) is 86.0 cm³/mol. The van der Waals surface area contributed by atoms with Gasteiger partial charge in [-0.2, -0.15) is 11.8 Å². The van der Waals surface area contributed by atoms with Crippen LogP contribution in [0.15, 0.2) is 18.2 Å².